The number of ether oxygens (including phenoxy) is 1. The quantitative estimate of drug-likeness (QED) is 0.779. The molecule has 0 radical (unpaired) electrons. The Bertz CT molecular complexity index is 485. The first-order chi connectivity index (χ1) is 7.70. The standard InChI is InChI=1S/C11H14ClFO3S/c1-11(2,8-17(12,14)15)7-16-10-6-4-3-5-9(10)13/h3-6H,7-8H2,1-2H3. The highest BCUT2D eigenvalue weighted by atomic mass is 35.7. The molecule has 1 rings (SSSR count). The van der Waals surface area contributed by atoms with Gasteiger partial charge in [0, 0.05) is 16.1 Å². The van der Waals surface area contributed by atoms with Crippen LogP contribution >= 0.6 is 10.7 Å². The van der Waals surface area contributed by atoms with E-state index in [1.807, 2.05) is 0 Å². The number of hydrogen-bond acceptors (Lipinski definition) is 3. The van der Waals surface area contributed by atoms with Gasteiger partial charge < -0.3 is 4.74 Å². The van der Waals surface area contributed by atoms with Crippen molar-refractivity contribution >= 4 is 19.7 Å². The van der Waals surface area contributed by atoms with Gasteiger partial charge in [-0.25, -0.2) is 12.8 Å². The average molecular weight is 281 g/mol. The maximum atomic E-state index is 13.2. The summed E-state index contributed by atoms with van der Waals surface area (Å²) in [5.41, 5.74) is -0.678. The molecule has 0 N–H and O–H groups in total. The molecule has 3 nitrogen and oxygen atoms in total. The molecule has 0 aliphatic carbocycles. The predicted molar refractivity (Wildman–Crippen MR) is 65.3 cm³/mol. The van der Waals surface area contributed by atoms with Gasteiger partial charge in [-0.1, -0.05) is 26.0 Å². The molecule has 0 atom stereocenters. The maximum Gasteiger partial charge on any atom is 0.233 e. The summed E-state index contributed by atoms with van der Waals surface area (Å²) in [5, 5.41) is 0. The van der Waals surface area contributed by atoms with E-state index >= 15 is 0 Å². The Morgan fingerprint density at radius 1 is 1.35 bits per heavy atom. The van der Waals surface area contributed by atoms with Crippen LogP contribution in [0.15, 0.2) is 24.3 Å². The highest BCUT2D eigenvalue weighted by molar-refractivity contribution is 8.13. The van der Waals surface area contributed by atoms with Crippen molar-refractivity contribution in [1.29, 1.82) is 0 Å². The van der Waals surface area contributed by atoms with Gasteiger partial charge >= 0.3 is 0 Å². The number of para-hydroxylation sites is 1. The zero-order valence-corrected chi connectivity index (χ0v) is 11.2. The van der Waals surface area contributed by atoms with E-state index in [0.29, 0.717) is 0 Å². The van der Waals surface area contributed by atoms with Crippen molar-refractivity contribution in [2.45, 2.75) is 13.8 Å². The van der Waals surface area contributed by atoms with Crippen molar-refractivity contribution in [2.75, 3.05) is 12.4 Å². The third-order valence-electron chi connectivity index (χ3n) is 2.02. The lowest BCUT2D eigenvalue weighted by atomic mass is 9.98. The number of rotatable bonds is 5. The van der Waals surface area contributed by atoms with E-state index in [4.69, 9.17) is 15.4 Å². The van der Waals surface area contributed by atoms with Crippen molar-refractivity contribution in [1.82, 2.24) is 0 Å². The molecule has 0 aliphatic heterocycles. The van der Waals surface area contributed by atoms with E-state index in [-0.39, 0.29) is 18.1 Å². The molecule has 0 amide bonds. The fourth-order valence-electron chi connectivity index (χ4n) is 1.34. The van der Waals surface area contributed by atoms with E-state index in [1.54, 1.807) is 26.0 Å². The van der Waals surface area contributed by atoms with E-state index in [1.165, 1.54) is 12.1 Å². The molecule has 17 heavy (non-hydrogen) atoms. The van der Waals surface area contributed by atoms with Crippen LogP contribution in [-0.4, -0.2) is 20.8 Å². The Labute approximate surface area is 105 Å². The Morgan fingerprint density at radius 3 is 2.47 bits per heavy atom. The van der Waals surface area contributed by atoms with Gasteiger partial charge in [-0.2, -0.15) is 0 Å². The number of hydrogen-bond donors (Lipinski definition) is 0. The molecule has 0 spiro atoms. The summed E-state index contributed by atoms with van der Waals surface area (Å²) in [5.74, 6) is -0.597. The third kappa shape index (κ3) is 5.37. The van der Waals surface area contributed by atoms with E-state index in [0.717, 1.165) is 0 Å². The molecule has 0 heterocycles. The maximum absolute atomic E-state index is 13.2. The minimum Gasteiger partial charge on any atom is -0.490 e. The zero-order chi connectivity index (χ0) is 13.1. The molecule has 96 valence electrons. The van der Waals surface area contributed by atoms with E-state index in [9.17, 15) is 12.8 Å². The highest BCUT2D eigenvalue weighted by Crippen LogP contribution is 2.23. The molecule has 1 aromatic carbocycles. The van der Waals surface area contributed by atoms with Crippen LogP contribution in [0.25, 0.3) is 0 Å². The van der Waals surface area contributed by atoms with E-state index < -0.39 is 20.3 Å². The van der Waals surface area contributed by atoms with Crippen LogP contribution in [0.3, 0.4) is 0 Å². The van der Waals surface area contributed by atoms with Crippen LogP contribution in [0.5, 0.6) is 5.75 Å². The molecule has 0 unspecified atom stereocenters. The van der Waals surface area contributed by atoms with Crippen LogP contribution < -0.4 is 4.74 Å². The summed E-state index contributed by atoms with van der Waals surface area (Å²) < 4.78 is 40.4. The fourth-order valence-corrected chi connectivity index (χ4v) is 3.25. The first kappa shape index (κ1) is 14.3. The molecule has 1 aromatic rings. The van der Waals surface area contributed by atoms with Gasteiger partial charge in [-0.15, -0.1) is 0 Å². The average Bonchev–Trinajstić information content (AvgIpc) is 2.13. The Morgan fingerprint density at radius 2 is 1.94 bits per heavy atom. The Hall–Kier alpha value is -0.810. The highest BCUT2D eigenvalue weighted by Gasteiger charge is 2.26. The van der Waals surface area contributed by atoms with Crippen molar-refractivity contribution < 1.29 is 17.5 Å². The first-order valence-electron chi connectivity index (χ1n) is 4.99. The summed E-state index contributed by atoms with van der Waals surface area (Å²) >= 11 is 0. The predicted octanol–water partition coefficient (Wildman–Crippen LogP) is 2.80. The summed E-state index contributed by atoms with van der Waals surface area (Å²) in [6.45, 7) is 3.45. The number of halogens is 2. The van der Waals surface area contributed by atoms with Gasteiger partial charge in [0.25, 0.3) is 0 Å². The van der Waals surface area contributed by atoms with Gasteiger partial charge in [0.15, 0.2) is 11.6 Å². The van der Waals surface area contributed by atoms with Crippen LogP contribution in [0.2, 0.25) is 0 Å². The lowest BCUT2D eigenvalue weighted by Gasteiger charge is -2.23. The summed E-state index contributed by atoms with van der Waals surface area (Å²) in [7, 11) is 1.58. The van der Waals surface area contributed by atoms with Crippen molar-refractivity contribution in [3.05, 3.63) is 30.1 Å². The first-order valence-corrected chi connectivity index (χ1v) is 7.47. The Balaban J connectivity index is 2.65. The van der Waals surface area contributed by atoms with Crippen molar-refractivity contribution in [2.24, 2.45) is 5.41 Å². The zero-order valence-electron chi connectivity index (χ0n) is 9.61. The SMILES string of the molecule is CC(C)(COc1ccccc1F)CS(=O)(=O)Cl. The molecule has 0 saturated heterocycles. The summed E-state index contributed by atoms with van der Waals surface area (Å²) in [6, 6.07) is 5.96. The molecule has 0 bridgehead atoms. The lowest BCUT2D eigenvalue weighted by Crippen LogP contribution is -2.28. The molecular formula is C11H14ClFO3S. The van der Waals surface area contributed by atoms with Crippen LogP contribution in [0.1, 0.15) is 13.8 Å². The second-order valence-electron chi connectivity index (χ2n) is 4.57. The molecule has 0 aromatic heterocycles. The monoisotopic (exact) mass is 280 g/mol. The molecule has 0 saturated carbocycles. The second-order valence-corrected chi connectivity index (χ2v) is 7.34. The molecular weight excluding hydrogens is 267 g/mol. The van der Waals surface area contributed by atoms with Crippen LogP contribution in [0, 0.1) is 11.2 Å². The fraction of sp³-hybridized carbons (Fsp3) is 0.455. The van der Waals surface area contributed by atoms with Gasteiger partial charge in [0.1, 0.15) is 0 Å². The molecule has 0 fully saturated rings. The van der Waals surface area contributed by atoms with Gasteiger partial charge in [-0.3, -0.25) is 0 Å². The van der Waals surface area contributed by atoms with Gasteiger partial charge in [0.05, 0.1) is 12.4 Å². The summed E-state index contributed by atoms with van der Waals surface area (Å²) in [6.07, 6.45) is 0. The van der Waals surface area contributed by atoms with E-state index in [2.05, 4.69) is 0 Å². The normalized spacial score (nSPS) is 12.5. The largest absolute Gasteiger partial charge is 0.490 e. The van der Waals surface area contributed by atoms with Crippen LogP contribution in [0.4, 0.5) is 4.39 Å². The minimum atomic E-state index is -3.60. The topological polar surface area (TPSA) is 43.4 Å². The molecule has 6 heteroatoms. The Kier molecular flexibility index (Phi) is 4.38. The summed E-state index contributed by atoms with van der Waals surface area (Å²) in [4.78, 5) is 0. The van der Waals surface area contributed by atoms with Crippen LogP contribution in [-0.2, 0) is 9.05 Å². The van der Waals surface area contributed by atoms with Crippen molar-refractivity contribution in [3.63, 3.8) is 0 Å². The van der Waals surface area contributed by atoms with Gasteiger partial charge in [0.2, 0.25) is 9.05 Å². The second kappa shape index (κ2) is 5.23. The van der Waals surface area contributed by atoms with Crippen molar-refractivity contribution in [3.8, 4) is 5.75 Å². The smallest absolute Gasteiger partial charge is 0.233 e. The third-order valence-corrected chi connectivity index (χ3v) is 3.47. The minimum absolute atomic E-state index is 0.0693. The van der Waals surface area contributed by atoms with Gasteiger partial charge in [-0.05, 0) is 12.1 Å². The lowest BCUT2D eigenvalue weighted by molar-refractivity contribution is 0.193. The number of benzene rings is 1. The molecule has 0 aliphatic rings.